The smallest absolute Gasteiger partial charge is 0.237 e. The van der Waals surface area contributed by atoms with Gasteiger partial charge in [-0.2, -0.15) is 0 Å². The van der Waals surface area contributed by atoms with Gasteiger partial charge < -0.3 is 5.32 Å². The summed E-state index contributed by atoms with van der Waals surface area (Å²) in [6, 6.07) is 16.3. The molecule has 4 heteroatoms. The molecule has 0 spiro atoms. The molecule has 2 aromatic carbocycles. The second kappa shape index (κ2) is 6.88. The molecule has 2 bridgehead atoms. The molecule has 2 aliphatic rings. The number of unbranched alkanes of at least 4 members (excludes halogenated alkanes) is 1. The fourth-order valence-electron chi connectivity index (χ4n) is 5.92. The van der Waals surface area contributed by atoms with Crippen molar-refractivity contribution in [3.63, 3.8) is 0 Å². The maximum atomic E-state index is 13.9. The van der Waals surface area contributed by atoms with Crippen LogP contribution in [0.1, 0.15) is 70.3 Å². The lowest BCUT2D eigenvalue weighted by atomic mass is 9.63. The zero-order valence-corrected chi connectivity index (χ0v) is 19.0. The van der Waals surface area contributed by atoms with Gasteiger partial charge in [0.25, 0.3) is 0 Å². The Kier molecular flexibility index (Phi) is 4.47. The molecular weight excluding hydrogens is 382 g/mol. The SMILES string of the molecule is CCCCc1ccc(NC(=O)C23CCC(C)(c4nc5ccccc5nc42)C3(C)C)cc1. The normalized spacial score (nSPS) is 25.5. The van der Waals surface area contributed by atoms with Gasteiger partial charge in [0, 0.05) is 11.1 Å². The summed E-state index contributed by atoms with van der Waals surface area (Å²) in [6.45, 7) is 8.92. The minimum Gasteiger partial charge on any atom is -0.325 e. The first-order chi connectivity index (χ1) is 14.8. The third-order valence-electron chi connectivity index (χ3n) is 8.36. The number of hydrogen-bond donors (Lipinski definition) is 1. The molecule has 1 aromatic heterocycles. The lowest BCUT2D eigenvalue weighted by molar-refractivity contribution is -0.125. The van der Waals surface area contributed by atoms with Crippen LogP contribution in [0.3, 0.4) is 0 Å². The Labute approximate surface area is 184 Å². The maximum absolute atomic E-state index is 13.9. The molecule has 3 aromatic rings. The number of hydrogen-bond acceptors (Lipinski definition) is 3. The number of amides is 1. The second-order valence-corrected chi connectivity index (χ2v) is 10.0. The Balaban J connectivity index is 1.55. The van der Waals surface area contributed by atoms with Crippen molar-refractivity contribution in [1.29, 1.82) is 0 Å². The van der Waals surface area contributed by atoms with E-state index in [1.54, 1.807) is 0 Å². The van der Waals surface area contributed by atoms with Crippen molar-refractivity contribution >= 4 is 22.6 Å². The van der Waals surface area contributed by atoms with Crippen molar-refractivity contribution < 1.29 is 4.79 Å². The Hall–Kier alpha value is -2.75. The number of rotatable bonds is 5. The molecule has 1 saturated carbocycles. The Morgan fingerprint density at radius 2 is 1.58 bits per heavy atom. The summed E-state index contributed by atoms with van der Waals surface area (Å²) in [4.78, 5) is 24.0. The van der Waals surface area contributed by atoms with Crippen LogP contribution >= 0.6 is 0 Å². The minimum atomic E-state index is -0.672. The number of benzene rings is 2. The number of anilines is 1. The molecule has 1 fully saturated rings. The predicted molar refractivity (Wildman–Crippen MR) is 125 cm³/mol. The van der Waals surface area contributed by atoms with Crippen molar-refractivity contribution in [3.05, 3.63) is 65.5 Å². The summed E-state index contributed by atoms with van der Waals surface area (Å²) in [7, 11) is 0. The highest BCUT2D eigenvalue weighted by atomic mass is 16.2. The monoisotopic (exact) mass is 413 g/mol. The first-order valence-corrected chi connectivity index (χ1v) is 11.5. The van der Waals surface area contributed by atoms with Gasteiger partial charge >= 0.3 is 0 Å². The quantitative estimate of drug-likeness (QED) is 0.563. The molecule has 0 radical (unpaired) electrons. The molecule has 1 heterocycles. The van der Waals surface area contributed by atoms with Crippen LogP contribution in [0.2, 0.25) is 0 Å². The summed E-state index contributed by atoms with van der Waals surface area (Å²) in [5, 5.41) is 3.24. The first kappa shape index (κ1) is 20.2. The van der Waals surface area contributed by atoms with E-state index in [2.05, 4.69) is 45.1 Å². The topological polar surface area (TPSA) is 54.9 Å². The van der Waals surface area contributed by atoms with Gasteiger partial charge in [-0.25, -0.2) is 9.97 Å². The Morgan fingerprint density at radius 1 is 0.935 bits per heavy atom. The van der Waals surface area contributed by atoms with E-state index >= 15 is 0 Å². The van der Waals surface area contributed by atoms with Crippen LogP contribution in [0, 0.1) is 5.41 Å². The van der Waals surface area contributed by atoms with Gasteiger partial charge in [-0.05, 0) is 60.9 Å². The van der Waals surface area contributed by atoms with E-state index in [1.807, 2.05) is 36.4 Å². The van der Waals surface area contributed by atoms with Gasteiger partial charge in [-0.1, -0.05) is 58.4 Å². The highest BCUT2D eigenvalue weighted by molar-refractivity contribution is 6.02. The third-order valence-corrected chi connectivity index (χ3v) is 8.36. The number of carbonyl (C=O) groups excluding carboxylic acids is 1. The van der Waals surface area contributed by atoms with Crippen LogP contribution in [0.15, 0.2) is 48.5 Å². The fraction of sp³-hybridized carbons (Fsp3) is 0.444. The molecule has 2 atom stereocenters. The average Bonchev–Trinajstić information content (AvgIpc) is 3.07. The number of aromatic nitrogens is 2. The number of aryl methyl sites for hydroxylation is 1. The van der Waals surface area contributed by atoms with Crippen molar-refractivity contribution in [2.45, 2.75) is 70.6 Å². The van der Waals surface area contributed by atoms with E-state index in [0.29, 0.717) is 0 Å². The van der Waals surface area contributed by atoms with Crippen LogP contribution in [0.5, 0.6) is 0 Å². The zero-order chi connectivity index (χ0) is 21.9. The molecule has 2 unspecified atom stereocenters. The standard InChI is InChI=1S/C27H31N3O/c1-5-6-9-18-12-14-19(15-13-18)28-24(31)27-17-16-26(4,25(27,2)3)22-23(27)30-21-11-8-7-10-20(21)29-22/h7-8,10-15H,5-6,9,16-17H2,1-4H3,(H,28,31). The highest BCUT2D eigenvalue weighted by Gasteiger charge is 2.73. The highest BCUT2D eigenvalue weighted by Crippen LogP contribution is 2.70. The van der Waals surface area contributed by atoms with Gasteiger partial charge in [0.15, 0.2) is 0 Å². The van der Waals surface area contributed by atoms with Gasteiger partial charge in [0.05, 0.1) is 27.8 Å². The predicted octanol–water partition coefficient (Wildman–Crippen LogP) is 5.94. The largest absolute Gasteiger partial charge is 0.325 e. The van der Waals surface area contributed by atoms with E-state index in [9.17, 15) is 4.79 Å². The third kappa shape index (κ3) is 2.63. The molecule has 160 valence electrons. The van der Waals surface area contributed by atoms with E-state index in [1.165, 1.54) is 18.4 Å². The van der Waals surface area contributed by atoms with Gasteiger partial charge in [0.1, 0.15) is 0 Å². The van der Waals surface area contributed by atoms with Gasteiger partial charge in [-0.3, -0.25) is 4.79 Å². The van der Waals surface area contributed by atoms with E-state index in [-0.39, 0.29) is 16.7 Å². The van der Waals surface area contributed by atoms with E-state index < -0.39 is 5.41 Å². The summed E-state index contributed by atoms with van der Waals surface area (Å²) in [5.41, 5.74) is 4.71. The van der Waals surface area contributed by atoms with Crippen LogP contribution in [-0.2, 0) is 22.0 Å². The molecular formula is C27H31N3O. The van der Waals surface area contributed by atoms with Gasteiger partial charge in [-0.15, -0.1) is 0 Å². The van der Waals surface area contributed by atoms with E-state index in [4.69, 9.17) is 9.97 Å². The molecule has 0 aliphatic heterocycles. The van der Waals surface area contributed by atoms with Crippen molar-refractivity contribution in [2.75, 3.05) is 5.32 Å². The van der Waals surface area contributed by atoms with Gasteiger partial charge in [0.2, 0.25) is 5.91 Å². The molecule has 0 saturated heterocycles. The first-order valence-electron chi connectivity index (χ1n) is 11.5. The van der Waals surface area contributed by atoms with Crippen molar-refractivity contribution in [1.82, 2.24) is 9.97 Å². The maximum Gasteiger partial charge on any atom is 0.237 e. The number of para-hydroxylation sites is 2. The molecule has 2 aliphatic carbocycles. The summed E-state index contributed by atoms with van der Waals surface area (Å²) in [5.74, 6) is 0.0471. The van der Waals surface area contributed by atoms with Crippen LogP contribution < -0.4 is 5.32 Å². The minimum absolute atomic E-state index is 0.0471. The van der Waals surface area contributed by atoms with Crippen LogP contribution in [0.4, 0.5) is 5.69 Å². The van der Waals surface area contributed by atoms with Crippen LogP contribution in [-0.4, -0.2) is 15.9 Å². The number of carbonyl (C=O) groups is 1. The summed E-state index contributed by atoms with van der Waals surface area (Å²) in [6.07, 6.45) is 5.20. The number of nitrogens with zero attached hydrogens (tertiary/aromatic N) is 2. The van der Waals surface area contributed by atoms with Crippen molar-refractivity contribution in [3.8, 4) is 0 Å². The lowest BCUT2D eigenvalue weighted by Crippen LogP contribution is -2.48. The average molecular weight is 414 g/mol. The van der Waals surface area contributed by atoms with Crippen molar-refractivity contribution in [2.24, 2.45) is 5.41 Å². The number of nitrogens with one attached hydrogen (secondary N) is 1. The molecule has 1 N–H and O–H groups in total. The van der Waals surface area contributed by atoms with E-state index in [0.717, 1.165) is 47.4 Å². The summed E-state index contributed by atoms with van der Waals surface area (Å²) >= 11 is 0. The molecule has 31 heavy (non-hydrogen) atoms. The molecule has 1 amide bonds. The fourth-order valence-corrected chi connectivity index (χ4v) is 5.92. The molecule has 4 nitrogen and oxygen atoms in total. The van der Waals surface area contributed by atoms with Crippen LogP contribution in [0.25, 0.3) is 11.0 Å². The lowest BCUT2D eigenvalue weighted by Gasteiger charge is -2.39. The second-order valence-electron chi connectivity index (χ2n) is 10.0. The number of fused-ring (bicyclic) bond motifs is 6. The summed E-state index contributed by atoms with van der Waals surface area (Å²) < 4.78 is 0. The Bertz CT molecular complexity index is 1170. The molecule has 5 rings (SSSR count). The Morgan fingerprint density at radius 3 is 2.23 bits per heavy atom. The zero-order valence-electron chi connectivity index (χ0n) is 19.0.